The van der Waals surface area contributed by atoms with Crippen LogP contribution in [0.3, 0.4) is 0 Å². The first kappa shape index (κ1) is 14.8. The minimum Gasteiger partial charge on any atom is -0.496 e. The largest absolute Gasteiger partial charge is 0.496 e. The number of thiophene rings is 1. The van der Waals surface area contributed by atoms with Crippen LogP contribution in [0.5, 0.6) is 11.5 Å². The second-order valence-electron chi connectivity index (χ2n) is 4.24. The van der Waals surface area contributed by atoms with Gasteiger partial charge in [0.25, 0.3) is 0 Å². The van der Waals surface area contributed by atoms with Crippen molar-refractivity contribution in [1.82, 2.24) is 5.32 Å². The van der Waals surface area contributed by atoms with Gasteiger partial charge >= 0.3 is 0 Å². The molecule has 1 atom stereocenters. The highest BCUT2D eigenvalue weighted by molar-refractivity contribution is 7.10. The molecule has 2 aromatic rings. The lowest BCUT2D eigenvalue weighted by atomic mass is 10.0. The predicted molar refractivity (Wildman–Crippen MR) is 79.3 cm³/mol. The number of methoxy groups -OCH3 is 2. The molecule has 0 spiro atoms. The molecule has 0 radical (unpaired) electrons. The summed E-state index contributed by atoms with van der Waals surface area (Å²) in [6.45, 7) is 2.80. The van der Waals surface area contributed by atoms with Crippen molar-refractivity contribution < 1.29 is 13.9 Å². The van der Waals surface area contributed by atoms with E-state index in [1.54, 1.807) is 24.5 Å². The molecule has 1 heterocycles. The monoisotopic (exact) mass is 295 g/mol. The van der Waals surface area contributed by atoms with E-state index in [1.807, 2.05) is 24.4 Å². The van der Waals surface area contributed by atoms with Crippen molar-refractivity contribution in [3.8, 4) is 11.5 Å². The number of halogens is 1. The fraction of sp³-hybridized carbons (Fsp3) is 0.333. The van der Waals surface area contributed by atoms with Crippen LogP contribution in [0.15, 0.2) is 29.6 Å². The Morgan fingerprint density at radius 1 is 1.20 bits per heavy atom. The summed E-state index contributed by atoms with van der Waals surface area (Å²) in [5.74, 6) is 0.711. The predicted octanol–water partition coefficient (Wildman–Crippen LogP) is 3.60. The van der Waals surface area contributed by atoms with E-state index in [0.29, 0.717) is 0 Å². The van der Waals surface area contributed by atoms with Gasteiger partial charge in [0.15, 0.2) is 11.6 Å². The van der Waals surface area contributed by atoms with Gasteiger partial charge in [-0.3, -0.25) is 0 Å². The second-order valence-corrected chi connectivity index (χ2v) is 5.19. The number of rotatable bonds is 6. The topological polar surface area (TPSA) is 30.5 Å². The maximum absolute atomic E-state index is 13.9. The highest BCUT2D eigenvalue weighted by Crippen LogP contribution is 2.35. The second kappa shape index (κ2) is 6.72. The molecule has 0 aliphatic carbocycles. The fourth-order valence-electron chi connectivity index (χ4n) is 2.12. The molecule has 108 valence electrons. The van der Waals surface area contributed by atoms with Crippen LogP contribution >= 0.6 is 11.3 Å². The molecule has 0 aliphatic rings. The number of ether oxygens (including phenoxy) is 2. The van der Waals surface area contributed by atoms with Crippen molar-refractivity contribution in [3.05, 3.63) is 45.9 Å². The molecule has 1 aromatic heterocycles. The van der Waals surface area contributed by atoms with Crippen LogP contribution in [0.2, 0.25) is 0 Å². The lowest BCUT2D eigenvalue weighted by molar-refractivity contribution is 0.385. The molecule has 5 heteroatoms. The SMILES string of the molecule is CCNC(c1ccc(OC)c(F)c1)c1sccc1OC. The van der Waals surface area contributed by atoms with E-state index in [1.165, 1.54) is 13.2 Å². The number of hydrogen-bond acceptors (Lipinski definition) is 4. The molecule has 0 amide bonds. The Bertz CT molecular complexity index is 571. The van der Waals surface area contributed by atoms with Gasteiger partial charge in [-0.15, -0.1) is 11.3 Å². The van der Waals surface area contributed by atoms with Crippen LogP contribution in [0, 0.1) is 5.82 Å². The molecule has 1 unspecified atom stereocenters. The number of benzene rings is 1. The molecule has 3 nitrogen and oxygen atoms in total. The Morgan fingerprint density at radius 2 is 1.95 bits per heavy atom. The summed E-state index contributed by atoms with van der Waals surface area (Å²) in [4.78, 5) is 1.04. The third kappa shape index (κ3) is 2.94. The van der Waals surface area contributed by atoms with Crippen molar-refractivity contribution in [3.63, 3.8) is 0 Å². The summed E-state index contributed by atoms with van der Waals surface area (Å²) < 4.78 is 24.2. The van der Waals surface area contributed by atoms with Crippen LogP contribution < -0.4 is 14.8 Å². The van der Waals surface area contributed by atoms with E-state index in [2.05, 4.69) is 5.32 Å². The van der Waals surface area contributed by atoms with Gasteiger partial charge in [0.05, 0.1) is 25.1 Å². The summed E-state index contributed by atoms with van der Waals surface area (Å²) in [6.07, 6.45) is 0. The quantitative estimate of drug-likeness (QED) is 0.883. The van der Waals surface area contributed by atoms with E-state index in [-0.39, 0.29) is 17.6 Å². The average Bonchev–Trinajstić information content (AvgIpc) is 2.92. The molecule has 0 bridgehead atoms. The van der Waals surface area contributed by atoms with Crippen LogP contribution in [0.4, 0.5) is 4.39 Å². The van der Waals surface area contributed by atoms with E-state index in [0.717, 1.165) is 22.7 Å². The van der Waals surface area contributed by atoms with Gasteiger partial charge < -0.3 is 14.8 Å². The minimum absolute atomic E-state index is 0.0876. The molecule has 0 aliphatic heterocycles. The molecule has 1 aromatic carbocycles. The van der Waals surface area contributed by atoms with Crippen molar-refractivity contribution in [2.45, 2.75) is 13.0 Å². The van der Waals surface area contributed by atoms with Gasteiger partial charge in [-0.2, -0.15) is 0 Å². The molecule has 1 N–H and O–H groups in total. The summed E-state index contributed by atoms with van der Waals surface area (Å²) >= 11 is 1.59. The Balaban J connectivity index is 2.40. The third-order valence-electron chi connectivity index (χ3n) is 3.06. The van der Waals surface area contributed by atoms with E-state index in [4.69, 9.17) is 9.47 Å². The van der Waals surface area contributed by atoms with Crippen molar-refractivity contribution >= 4 is 11.3 Å². The minimum atomic E-state index is -0.358. The summed E-state index contributed by atoms with van der Waals surface area (Å²) in [5.41, 5.74) is 0.853. The molecule has 0 saturated heterocycles. The summed E-state index contributed by atoms with van der Waals surface area (Å²) in [6, 6.07) is 6.86. The first-order chi connectivity index (χ1) is 9.71. The Morgan fingerprint density at radius 3 is 2.55 bits per heavy atom. The Kier molecular flexibility index (Phi) is 4.98. The Hall–Kier alpha value is -1.59. The van der Waals surface area contributed by atoms with Gasteiger partial charge in [0, 0.05) is 0 Å². The summed E-state index contributed by atoms with van der Waals surface area (Å²) in [7, 11) is 3.10. The van der Waals surface area contributed by atoms with Gasteiger partial charge in [-0.25, -0.2) is 4.39 Å². The molecular formula is C15H18FNO2S. The first-order valence-electron chi connectivity index (χ1n) is 6.39. The zero-order valence-electron chi connectivity index (χ0n) is 11.8. The molecule has 0 saturated carbocycles. The maximum Gasteiger partial charge on any atom is 0.165 e. The van der Waals surface area contributed by atoms with Crippen molar-refractivity contribution in [1.29, 1.82) is 0 Å². The van der Waals surface area contributed by atoms with Gasteiger partial charge in [0.1, 0.15) is 5.75 Å². The van der Waals surface area contributed by atoms with Gasteiger partial charge in [-0.05, 0) is 35.7 Å². The normalized spacial score (nSPS) is 12.2. The van der Waals surface area contributed by atoms with Crippen LogP contribution in [-0.2, 0) is 0 Å². The molecule has 20 heavy (non-hydrogen) atoms. The zero-order valence-corrected chi connectivity index (χ0v) is 12.6. The number of hydrogen-bond donors (Lipinski definition) is 1. The van der Waals surface area contributed by atoms with E-state index in [9.17, 15) is 4.39 Å². The van der Waals surface area contributed by atoms with Crippen molar-refractivity contribution in [2.24, 2.45) is 0 Å². The number of nitrogens with one attached hydrogen (secondary N) is 1. The fourth-order valence-corrected chi connectivity index (χ4v) is 3.08. The van der Waals surface area contributed by atoms with E-state index >= 15 is 0 Å². The average molecular weight is 295 g/mol. The van der Waals surface area contributed by atoms with Crippen molar-refractivity contribution in [2.75, 3.05) is 20.8 Å². The molecule has 0 fully saturated rings. The highest BCUT2D eigenvalue weighted by atomic mass is 32.1. The highest BCUT2D eigenvalue weighted by Gasteiger charge is 2.20. The standard InChI is InChI=1S/C15H18FNO2S/c1-4-17-14(15-13(19-3)7-8-20-15)10-5-6-12(18-2)11(16)9-10/h5-9,14,17H,4H2,1-3H3. The first-order valence-corrected chi connectivity index (χ1v) is 7.27. The molecular weight excluding hydrogens is 277 g/mol. The van der Waals surface area contributed by atoms with Crippen LogP contribution in [-0.4, -0.2) is 20.8 Å². The lowest BCUT2D eigenvalue weighted by Crippen LogP contribution is -2.21. The smallest absolute Gasteiger partial charge is 0.165 e. The van der Waals surface area contributed by atoms with Gasteiger partial charge in [0.2, 0.25) is 0 Å². The van der Waals surface area contributed by atoms with Gasteiger partial charge in [-0.1, -0.05) is 13.0 Å². The lowest BCUT2D eigenvalue weighted by Gasteiger charge is -2.19. The zero-order chi connectivity index (χ0) is 14.5. The van der Waals surface area contributed by atoms with Crippen LogP contribution in [0.25, 0.3) is 0 Å². The molecule has 2 rings (SSSR count). The maximum atomic E-state index is 13.9. The van der Waals surface area contributed by atoms with Crippen LogP contribution in [0.1, 0.15) is 23.4 Å². The van der Waals surface area contributed by atoms with E-state index < -0.39 is 0 Å². The Labute approximate surface area is 122 Å². The third-order valence-corrected chi connectivity index (χ3v) is 4.02. The summed E-state index contributed by atoms with van der Waals surface area (Å²) in [5, 5.41) is 5.33.